The van der Waals surface area contributed by atoms with Crippen molar-refractivity contribution in [3.05, 3.63) is 66.1 Å². The molecule has 1 aromatic carbocycles. The van der Waals surface area contributed by atoms with Gasteiger partial charge in [-0.05, 0) is 18.2 Å². The largest absolute Gasteiger partial charge is 0.360 e. The lowest BCUT2D eigenvalue weighted by molar-refractivity contribution is 0.0815. The Hall–Kier alpha value is -2.75. The molecule has 19 heavy (non-hydrogen) atoms. The Morgan fingerprint density at radius 3 is 2.53 bits per heavy atom. The molecule has 3 aromatic rings. The number of hydrogen-bond acceptors (Lipinski definition) is 3. The molecule has 2 heterocycles. The van der Waals surface area contributed by atoms with Gasteiger partial charge in [0.25, 0.3) is 5.78 Å². The van der Waals surface area contributed by atoms with Crippen molar-refractivity contribution >= 4 is 22.5 Å². The number of hydrogen-bond donors (Lipinski definition) is 1. The van der Waals surface area contributed by atoms with Crippen LogP contribution in [0.25, 0.3) is 10.9 Å². The van der Waals surface area contributed by atoms with Crippen molar-refractivity contribution in [3.63, 3.8) is 0 Å². The first-order valence-corrected chi connectivity index (χ1v) is 5.83. The molecule has 92 valence electrons. The molecule has 0 aliphatic heterocycles. The fraction of sp³-hybridized carbons (Fsp3) is 0. The van der Waals surface area contributed by atoms with Gasteiger partial charge in [-0.3, -0.25) is 14.6 Å². The quantitative estimate of drug-likeness (QED) is 0.574. The van der Waals surface area contributed by atoms with Gasteiger partial charge in [0, 0.05) is 23.3 Å². The predicted octanol–water partition coefficient (Wildman–Crippen LogP) is 2.63. The van der Waals surface area contributed by atoms with Crippen molar-refractivity contribution in [2.45, 2.75) is 0 Å². The number of nitrogens with zero attached hydrogens (tertiary/aromatic N) is 1. The molecule has 0 aliphatic carbocycles. The molecular weight excluding hydrogens is 240 g/mol. The normalized spacial score (nSPS) is 10.5. The van der Waals surface area contributed by atoms with Gasteiger partial charge in [0.2, 0.25) is 5.78 Å². The van der Waals surface area contributed by atoms with Crippen LogP contribution in [-0.2, 0) is 0 Å². The molecule has 0 spiro atoms. The number of fused-ring (bicyclic) bond motifs is 1. The van der Waals surface area contributed by atoms with E-state index in [0.29, 0.717) is 5.56 Å². The molecule has 0 atom stereocenters. The highest BCUT2D eigenvalue weighted by atomic mass is 16.2. The molecule has 1 N–H and O–H groups in total. The topological polar surface area (TPSA) is 62.8 Å². The number of pyridine rings is 1. The molecule has 0 amide bonds. The maximum absolute atomic E-state index is 12.2. The number of aromatic amines is 1. The smallest absolute Gasteiger partial charge is 0.251 e. The SMILES string of the molecule is O=C(C(=O)c1c[nH]c2ccccc12)c1ccccn1. The Morgan fingerprint density at radius 1 is 0.947 bits per heavy atom. The van der Waals surface area contributed by atoms with E-state index < -0.39 is 11.6 Å². The van der Waals surface area contributed by atoms with Gasteiger partial charge in [-0.1, -0.05) is 24.3 Å². The average Bonchev–Trinajstić information content (AvgIpc) is 2.90. The molecule has 4 heteroatoms. The van der Waals surface area contributed by atoms with Gasteiger partial charge in [0.05, 0.1) is 5.56 Å². The fourth-order valence-electron chi connectivity index (χ4n) is 2.00. The first-order valence-electron chi connectivity index (χ1n) is 5.83. The number of para-hydroxylation sites is 1. The van der Waals surface area contributed by atoms with E-state index >= 15 is 0 Å². The van der Waals surface area contributed by atoms with Crippen molar-refractivity contribution in [1.29, 1.82) is 0 Å². The summed E-state index contributed by atoms with van der Waals surface area (Å²) in [6.45, 7) is 0. The van der Waals surface area contributed by atoms with Crippen molar-refractivity contribution < 1.29 is 9.59 Å². The summed E-state index contributed by atoms with van der Waals surface area (Å²) in [6.07, 6.45) is 3.06. The minimum atomic E-state index is -0.592. The van der Waals surface area contributed by atoms with Crippen LogP contribution in [0, 0.1) is 0 Å². The van der Waals surface area contributed by atoms with E-state index in [1.165, 1.54) is 12.3 Å². The predicted molar refractivity (Wildman–Crippen MR) is 71.2 cm³/mol. The summed E-state index contributed by atoms with van der Waals surface area (Å²) in [6, 6.07) is 12.3. The Labute approximate surface area is 109 Å². The van der Waals surface area contributed by atoms with E-state index in [-0.39, 0.29) is 5.69 Å². The van der Waals surface area contributed by atoms with Crippen molar-refractivity contribution in [3.8, 4) is 0 Å². The van der Waals surface area contributed by atoms with E-state index in [4.69, 9.17) is 0 Å². The highest BCUT2D eigenvalue weighted by Gasteiger charge is 2.21. The Bertz CT molecular complexity index is 760. The molecule has 4 nitrogen and oxygen atoms in total. The first-order chi connectivity index (χ1) is 9.27. The average molecular weight is 250 g/mol. The van der Waals surface area contributed by atoms with Crippen LogP contribution >= 0.6 is 0 Å². The molecule has 0 radical (unpaired) electrons. The number of benzene rings is 1. The van der Waals surface area contributed by atoms with Crippen molar-refractivity contribution in [2.24, 2.45) is 0 Å². The number of Topliss-reactive ketones (excluding diaryl/α,β-unsaturated/α-hetero) is 2. The van der Waals surface area contributed by atoms with E-state index in [9.17, 15) is 9.59 Å². The van der Waals surface area contributed by atoms with Gasteiger partial charge in [-0.2, -0.15) is 0 Å². The highest BCUT2D eigenvalue weighted by Crippen LogP contribution is 2.19. The number of nitrogens with one attached hydrogen (secondary N) is 1. The van der Waals surface area contributed by atoms with Crippen molar-refractivity contribution in [1.82, 2.24) is 9.97 Å². The van der Waals surface area contributed by atoms with Gasteiger partial charge >= 0.3 is 0 Å². The molecule has 0 saturated carbocycles. The van der Waals surface area contributed by atoms with E-state index in [1.807, 2.05) is 24.3 Å². The summed E-state index contributed by atoms with van der Waals surface area (Å²) in [5.74, 6) is -1.14. The zero-order chi connectivity index (χ0) is 13.2. The van der Waals surface area contributed by atoms with E-state index in [2.05, 4.69) is 9.97 Å². The lowest BCUT2D eigenvalue weighted by atomic mass is 10.0. The third kappa shape index (κ3) is 1.93. The second-order valence-corrected chi connectivity index (χ2v) is 4.12. The zero-order valence-corrected chi connectivity index (χ0v) is 9.96. The van der Waals surface area contributed by atoms with Crippen LogP contribution in [0.1, 0.15) is 20.8 Å². The maximum atomic E-state index is 12.2. The van der Waals surface area contributed by atoms with Gasteiger partial charge in [-0.15, -0.1) is 0 Å². The van der Waals surface area contributed by atoms with Gasteiger partial charge in [-0.25, -0.2) is 0 Å². The van der Waals surface area contributed by atoms with Crippen LogP contribution < -0.4 is 0 Å². The minimum Gasteiger partial charge on any atom is -0.360 e. The Kier molecular flexibility index (Phi) is 2.68. The molecule has 0 unspecified atom stereocenters. The number of aromatic nitrogens is 2. The Balaban J connectivity index is 2.03. The third-order valence-corrected chi connectivity index (χ3v) is 2.94. The van der Waals surface area contributed by atoms with Crippen LogP contribution in [0.5, 0.6) is 0 Å². The molecule has 0 aliphatic rings. The van der Waals surface area contributed by atoms with Crippen molar-refractivity contribution in [2.75, 3.05) is 0 Å². The first kappa shape index (κ1) is 11.3. The summed E-state index contributed by atoms with van der Waals surface area (Å²) >= 11 is 0. The molecule has 0 saturated heterocycles. The Morgan fingerprint density at radius 2 is 1.74 bits per heavy atom. The maximum Gasteiger partial charge on any atom is 0.251 e. The van der Waals surface area contributed by atoms with Gasteiger partial charge in [0.15, 0.2) is 0 Å². The summed E-state index contributed by atoms with van der Waals surface area (Å²) in [5.41, 5.74) is 1.38. The lowest BCUT2D eigenvalue weighted by Gasteiger charge is -1.98. The third-order valence-electron chi connectivity index (χ3n) is 2.94. The number of rotatable bonds is 3. The van der Waals surface area contributed by atoms with Crippen LogP contribution in [0.2, 0.25) is 0 Å². The standard InChI is InChI=1S/C15H10N2O2/c18-14(15(19)13-7-3-4-8-16-13)11-9-17-12-6-2-1-5-10(11)12/h1-9,17H. The van der Waals surface area contributed by atoms with E-state index in [0.717, 1.165) is 10.9 Å². The zero-order valence-electron chi connectivity index (χ0n) is 9.96. The van der Waals surface area contributed by atoms with Gasteiger partial charge in [0.1, 0.15) is 5.69 Å². The van der Waals surface area contributed by atoms with Gasteiger partial charge < -0.3 is 4.98 Å². The van der Waals surface area contributed by atoms with Crippen LogP contribution in [-0.4, -0.2) is 21.5 Å². The molecule has 0 bridgehead atoms. The number of ketones is 2. The molecule has 2 aromatic heterocycles. The summed E-state index contributed by atoms with van der Waals surface area (Å²) < 4.78 is 0. The second-order valence-electron chi connectivity index (χ2n) is 4.12. The minimum absolute atomic E-state index is 0.165. The van der Waals surface area contributed by atoms with Crippen LogP contribution in [0.4, 0.5) is 0 Å². The number of H-pyrrole nitrogens is 1. The molecule has 3 rings (SSSR count). The van der Waals surface area contributed by atoms with E-state index in [1.54, 1.807) is 18.3 Å². The second kappa shape index (κ2) is 4.49. The fourth-order valence-corrected chi connectivity index (χ4v) is 2.00. The van der Waals surface area contributed by atoms with Crippen LogP contribution in [0.3, 0.4) is 0 Å². The lowest BCUT2D eigenvalue weighted by Crippen LogP contribution is -2.15. The molecule has 0 fully saturated rings. The number of carbonyl (C=O) groups excluding carboxylic acids is 2. The monoisotopic (exact) mass is 250 g/mol. The summed E-state index contributed by atoms with van der Waals surface area (Å²) in [5, 5.41) is 0.747. The summed E-state index contributed by atoms with van der Waals surface area (Å²) in [4.78, 5) is 31.2. The van der Waals surface area contributed by atoms with Crippen LogP contribution in [0.15, 0.2) is 54.9 Å². The highest BCUT2D eigenvalue weighted by molar-refractivity contribution is 6.50. The number of carbonyl (C=O) groups is 2. The summed E-state index contributed by atoms with van der Waals surface area (Å²) in [7, 11) is 0. The molecular formula is C15H10N2O2.